The third-order valence-corrected chi connectivity index (χ3v) is 6.06. The SMILES string of the molecule is CCNC(=NCCN(C)C1CCCC1)NC1CCN(Cc2ccccn2)CC1. The lowest BCUT2D eigenvalue weighted by atomic mass is 10.0. The predicted octanol–water partition coefficient (Wildman–Crippen LogP) is 2.48. The summed E-state index contributed by atoms with van der Waals surface area (Å²) < 4.78 is 0. The van der Waals surface area contributed by atoms with Crippen molar-refractivity contribution in [3.8, 4) is 0 Å². The Hall–Kier alpha value is -1.66. The Morgan fingerprint density at radius 3 is 2.68 bits per heavy atom. The van der Waals surface area contributed by atoms with Crippen molar-refractivity contribution < 1.29 is 0 Å². The van der Waals surface area contributed by atoms with E-state index in [0.29, 0.717) is 6.04 Å². The predicted molar refractivity (Wildman–Crippen MR) is 117 cm³/mol. The van der Waals surface area contributed by atoms with Gasteiger partial charge < -0.3 is 15.5 Å². The van der Waals surface area contributed by atoms with Gasteiger partial charge in [0, 0.05) is 51.0 Å². The molecule has 0 atom stereocenters. The molecule has 1 aliphatic heterocycles. The third kappa shape index (κ3) is 6.74. The van der Waals surface area contributed by atoms with Crippen molar-refractivity contribution >= 4 is 5.96 Å². The van der Waals surface area contributed by atoms with Gasteiger partial charge >= 0.3 is 0 Å². The second-order valence-electron chi connectivity index (χ2n) is 8.20. The van der Waals surface area contributed by atoms with Gasteiger partial charge in [-0.3, -0.25) is 14.9 Å². The minimum Gasteiger partial charge on any atom is -0.357 e. The van der Waals surface area contributed by atoms with Crippen LogP contribution in [-0.2, 0) is 6.54 Å². The fourth-order valence-electron chi connectivity index (χ4n) is 4.32. The summed E-state index contributed by atoms with van der Waals surface area (Å²) in [4.78, 5) is 14.3. The number of nitrogens with zero attached hydrogens (tertiary/aromatic N) is 4. The van der Waals surface area contributed by atoms with Crippen LogP contribution in [0.25, 0.3) is 0 Å². The summed E-state index contributed by atoms with van der Waals surface area (Å²) in [7, 11) is 2.25. The fraction of sp³-hybridized carbons (Fsp3) is 0.727. The van der Waals surface area contributed by atoms with E-state index in [0.717, 1.165) is 69.8 Å². The largest absolute Gasteiger partial charge is 0.357 e. The van der Waals surface area contributed by atoms with Crippen LogP contribution in [-0.4, -0.2) is 72.6 Å². The third-order valence-electron chi connectivity index (χ3n) is 6.06. The van der Waals surface area contributed by atoms with E-state index < -0.39 is 0 Å². The van der Waals surface area contributed by atoms with Crippen molar-refractivity contribution in [1.29, 1.82) is 0 Å². The lowest BCUT2D eigenvalue weighted by Gasteiger charge is -2.33. The van der Waals surface area contributed by atoms with Crippen molar-refractivity contribution in [2.75, 3.05) is 39.8 Å². The van der Waals surface area contributed by atoms with Gasteiger partial charge in [0.15, 0.2) is 5.96 Å². The maximum Gasteiger partial charge on any atom is 0.191 e. The van der Waals surface area contributed by atoms with Gasteiger partial charge in [-0.2, -0.15) is 0 Å². The summed E-state index contributed by atoms with van der Waals surface area (Å²) in [6, 6.07) is 7.44. The summed E-state index contributed by atoms with van der Waals surface area (Å²) in [5.74, 6) is 0.977. The number of aliphatic imine (C=N–C) groups is 1. The molecule has 0 bridgehead atoms. The zero-order valence-corrected chi connectivity index (χ0v) is 17.7. The molecule has 28 heavy (non-hydrogen) atoms. The van der Waals surface area contributed by atoms with Crippen molar-refractivity contribution in [3.05, 3.63) is 30.1 Å². The molecule has 2 fully saturated rings. The molecule has 0 spiro atoms. The smallest absolute Gasteiger partial charge is 0.191 e. The van der Waals surface area contributed by atoms with Crippen molar-refractivity contribution in [3.63, 3.8) is 0 Å². The molecule has 1 aromatic heterocycles. The number of hydrogen-bond acceptors (Lipinski definition) is 4. The van der Waals surface area contributed by atoms with E-state index in [9.17, 15) is 0 Å². The molecule has 2 aliphatic rings. The average Bonchev–Trinajstić information content (AvgIpc) is 3.25. The molecule has 156 valence electrons. The average molecular weight is 387 g/mol. The number of guanidine groups is 1. The van der Waals surface area contributed by atoms with Gasteiger partial charge in [-0.05, 0) is 51.8 Å². The Bertz CT molecular complexity index is 576. The summed E-state index contributed by atoms with van der Waals surface area (Å²) in [6.07, 6.45) is 9.68. The van der Waals surface area contributed by atoms with Crippen LogP contribution in [0.1, 0.15) is 51.1 Å². The molecule has 3 rings (SSSR count). The van der Waals surface area contributed by atoms with Gasteiger partial charge in [0.05, 0.1) is 12.2 Å². The highest BCUT2D eigenvalue weighted by Gasteiger charge is 2.21. The second kappa shape index (κ2) is 11.4. The highest BCUT2D eigenvalue weighted by molar-refractivity contribution is 5.80. The van der Waals surface area contributed by atoms with E-state index in [1.807, 2.05) is 12.3 Å². The molecule has 1 saturated carbocycles. The molecular weight excluding hydrogens is 348 g/mol. The number of rotatable bonds is 8. The Labute approximate surface area is 170 Å². The van der Waals surface area contributed by atoms with Gasteiger partial charge in [-0.25, -0.2) is 0 Å². The molecule has 0 unspecified atom stereocenters. The fourth-order valence-corrected chi connectivity index (χ4v) is 4.32. The molecule has 1 aromatic rings. The van der Waals surface area contributed by atoms with E-state index in [4.69, 9.17) is 4.99 Å². The van der Waals surface area contributed by atoms with Crippen molar-refractivity contribution in [2.24, 2.45) is 4.99 Å². The molecular formula is C22H38N6. The van der Waals surface area contributed by atoms with Gasteiger partial charge in [0.2, 0.25) is 0 Å². The van der Waals surface area contributed by atoms with Crippen LogP contribution in [0.2, 0.25) is 0 Å². The lowest BCUT2D eigenvalue weighted by molar-refractivity contribution is 0.196. The molecule has 6 heteroatoms. The Kier molecular flexibility index (Phi) is 8.55. The van der Waals surface area contributed by atoms with Gasteiger partial charge in [0.25, 0.3) is 0 Å². The van der Waals surface area contributed by atoms with Crippen LogP contribution < -0.4 is 10.6 Å². The number of likely N-dealkylation sites (tertiary alicyclic amines) is 1. The monoisotopic (exact) mass is 386 g/mol. The summed E-state index contributed by atoms with van der Waals surface area (Å²) >= 11 is 0. The maximum absolute atomic E-state index is 4.83. The minimum atomic E-state index is 0.505. The zero-order chi connectivity index (χ0) is 19.6. The first kappa shape index (κ1) is 21.1. The van der Waals surface area contributed by atoms with Crippen LogP contribution in [0.3, 0.4) is 0 Å². The first-order valence-electron chi connectivity index (χ1n) is 11.1. The molecule has 2 N–H and O–H groups in total. The number of aromatic nitrogens is 1. The highest BCUT2D eigenvalue weighted by Crippen LogP contribution is 2.21. The standard InChI is InChI=1S/C22H38N6/c1-3-23-22(25-14-17-27(2)21-9-4-5-10-21)26-19-11-15-28(16-12-19)18-20-8-6-7-13-24-20/h6-8,13,19,21H,3-5,9-12,14-18H2,1-2H3,(H2,23,25,26). The first-order chi connectivity index (χ1) is 13.7. The van der Waals surface area contributed by atoms with E-state index in [1.54, 1.807) is 0 Å². The Morgan fingerprint density at radius 2 is 2.00 bits per heavy atom. The van der Waals surface area contributed by atoms with Crippen LogP contribution in [0.15, 0.2) is 29.4 Å². The number of likely N-dealkylation sites (N-methyl/N-ethyl adjacent to an activating group) is 1. The molecule has 0 amide bonds. The van der Waals surface area contributed by atoms with Crippen LogP contribution in [0.5, 0.6) is 0 Å². The van der Waals surface area contributed by atoms with Crippen molar-refractivity contribution in [1.82, 2.24) is 25.4 Å². The molecule has 0 aromatic carbocycles. The van der Waals surface area contributed by atoms with Gasteiger partial charge in [-0.1, -0.05) is 18.9 Å². The minimum absolute atomic E-state index is 0.505. The zero-order valence-electron chi connectivity index (χ0n) is 17.7. The molecule has 2 heterocycles. The van der Waals surface area contributed by atoms with Gasteiger partial charge in [-0.15, -0.1) is 0 Å². The van der Waals surface area contributed by atoms with E-state index in [1.165, 1.54) is 25.7 Å². The Balaban J connectivity index is 1.40. The van der Waals surface area contributed by atoms with E-state index in [2.05, 4.69) is 51.5 Å². The van der Waals surface area contributed by atoms with Crippen LogP contribution in [0.4, 0.5) is 0 Å². The number of piperidine rings is 1. The topological polar surface area (TPSA) is 55.8 Å². The van der Waals surface area contributed by atoms with Crippen LogP contribution >= 0.6 is 0 Å². The molecule has 1 aliphatic carbocycles. The quantitative estimate of drug-likeness (QED) is 0.531. The molecule has 0 radical (unpaired) electrons. The van der Waals surface area contributed by atoms with E-state index in [-0.39, 0.29) is 0 Å². The number of hydrogen-bond donors (Lipinski definition) is 2. The highest BCUT2D eigenvalue weighted by atomic mass is 15.2. The van der Waals surface area contributed by atoms with E-state index >= 15 is 0 Å². The number of pyridine rings is 1. The first-order valence-corrected chi connectivity index (χ1v) is 11.1. The number of nitrogens with one attached hydrogen (secondary N) is 2. The molecule has 6 nitrogen and oxygen atoms in total. The van der Waals surface area contributed by atoms with Crippen LogP contribution in [0, 0.1) is 0 Å². The second-order valence-corrected chi connectivity index (χ2v) is 8.20. The molecule has 1 saturated heterocycles. The van der Waals surface area contributed by atoms with Gasteiger partial charge in [0.1, 0.15) is 0 Å². The normalized spacial score (nSPS) is 20.0. The van der Waals surface area contributed by atoms with Crippen molar-refractivity contribution in [2.45, 2.75) is 64.1 Å². The lowest BCUT2D eigenvalue weighted by Crippen LogP contribution is -2.48. The Morgan fingerprint density at radius 1 is 1.21 bits per heavy atom. The summed E-state index contributed by atoms with van der Waals surface area (Å²) in [6.45, 7) is 8.12. The summed E-state index contributed by atoms with van der Waals surface area (Å²) in [5.41, 5.74) is 1.16. The summed E-state index contributed by atoms with van der Waals surface area (Å²) in [5, 5.41) is 7.08. The maximum atomic E-state index is 4.83.